The molecule has 0 aliphatic carbocycles. The number of aliphatic hydroxyl groups excluding tert-OH is 2. The van der Waals surface area contributed by atoms with Gasteiger partial charge in [0.25, 0.3) is 0 Å². The maximum atomic E-state index is 9.37. The Morgan fingerprint density at radius 2 is 0.935 bits per heavy atom. The number of ketones is 2. The second-order valence-corrected chi connectivity index (χ2v) is 5.78. The first-order valence-electron chi connectivity index (χ1n) is 9.49. The topological polar surface area (TPSA) is 129 Å². The van der Waals surface area contributed by atoms with E-state index in [-0.39, 0.29) is 44.8 Å². The quantitative estimate of drug-likeness (QED) is 0.234. The molecule has 6 nitrogen and oxygen atoms in total. The minimum absolute atomic E-state index is 0. The van der Waals surface area contributed by atoms with Crippen LogP contribution in [0.25, 0.3) is 0 Å². The van der Waals surface area contributed by atoms with Gasteiger partial charge in [-0.15, -0.1) is 0 Å². The molecule has 31 heavy (non-hydrogen) atoms. The van der Waals surface area contributed by atoms with E-state index < -0.39 is 0 Å². The van der Waals surface area contributed by atoms with Gasteiger partial charge >= 0.3 is 11.6 Å². The van der Waals surface area contributed by atoms with E-state index in [1.807, 2.05) is 36.4 Å². The molecule has 7 heteroatoms. The van der Waals surface area contributed by atoms with Crippen LogP contribution in [-0.4, -0.2) is 54.8 Å². The summed E-state index contributed by atoms with van der Waals surface area (Å²) in [5, 5.41) is 30.1. The van der Waals surface area contributed by atoms with Crippen LogP contribution in [0.4, 0.5) is 0 Å². The van der Waals surface area contributed by atoms with Crippen molar-refractivity contribution in [3.8, 4) is 0 Å². The second-order valence-electron chi connectivity index (χ2n) is 5.78. The normalized spacial score (nSPS) is 9.87. The average molecular weight is 468 g/mol. The Balaban J connectivity index is -0.000000394. The summed E-state index contributed by atoms with van der Waals surface area (Å²) in [6.45, 7) is 7.61. The molecule has 0 saturated carbocycles. The zero-order valence-corrected chi connectivity index (χ0v) is 20.2. The molecule has 0 amide bonds. The minimum atomic E-state index is 0. The Kier molecular flexibility index (Phi) is 23.7. The van der Waals surface area contributed by atoms with Crippen LogP contribution in [0.2, 0.25) is 0 Å². The van der Waals surface area contributed by atoms with Crippen LogP contribution in [0.5, 0.6) is 0 Å². The fourth-order valence-corrected chi connectivity index (χ4v) is 1.78. The van der Waals surface area contributed by atoms with Crippen molar-refractivity contribution < 1.29 is 51.7 Å². The number of hydrogen-bond acceptors (Lipinski definition) is 2. The molecule has 2 rings (SSSR count). The van der Waals surface area contributed by atoms with Gasteiger partial charge in [0.15, 0.2) is 0 Å². The summed E-state index contributed by atoms with van der Waals surface area (Å²) in [7, 11) is 0. The van der Waals surface area contributed by atoms with E-state index in [1.54, 1.807) is 38.1 Å². The maximum Gasteiger partial charge on any atom is 0.350 e. The fraction of sp³-hybridized carbons (Fsp3) is 0.250. The van der Waals surface area contributed by atoms with Crippen molar-refractivity contribution in [3.05, 3.63) is 95.5 Å². The molecule has 0 spiro atoms. The predicted octanol–water partition coefficient (Wildman–Crippen LogP) is 3.54. The monoisotopic (exact) mass is 468 g/mol. The van der Waals surface area contributed by atoms with Crippen molar-refractivity contribution in [2.45, 2.75) is 27.7 Å². The number of rotatable bonds is 4. The molecule has 0 unspecified atom stereocenters. The zero-order valence-electron chi connectivity index (χ0n) is 18.6. The van der Waals surface area contributed by atoms with Gasteiger partial charge in [-0.1, -0.05) is 36.4 Å². The summed E-state index contributed by atoms with van der Waals surface area (Å²) < 4.78 is 0. The molecule has 2 aromatic rings. The second kappa shape index (κ2) is 22.2. The SMILES string of the molecule is C/C(O)=C/C(=[OH+])c1ccccc1.C/C(O)=C/C(=[OH+])c1ccccc1.CC[OH2+].CC[OH2+].[Ti]. The standard InChI is InChI=1S/2C10H10O2.2C2H6O.Ti/c2*1-8(11)7-10(12)9-5-3-2-4-6-9;2*1-2-3;/h2*2-7,11H,1H3;2*3H,2H2,1H3;/p+4/b2*8-7-;;;. The smallest absolute Gasteiger partial charge is 0.350 e. The first-order chi connectivity index (χ1) is 14.2. The third-order valence-electron chi connectivity index (χ3n) is 2.83. The fourth-order valence-electron chi connectivity index (χ4n) is 1.78. The van der Waals surface area contributed by atoms with E-state index in [0.29, 0.717) is 24.3 Å². The number of hydrogen-bond donors (Lipinski definition) is 2. The van der Waals surface area contributed by atoms with E-state index in [2.05, 4.69) is 0 Å². The Labute approximate surface area is 199 Å². The predicted molar refractivity (Wildman–Crippen MR) is 126 cm³/mol. The third-order valence-corrected chi connectivity index (χ3v) is 2.83. The van der Waals surface area contributed by atoms with Gasteiger partial charge in [0.05, 0.1) is 34.8 Å². The molecule has 0 radical (unpaired) electrons. The largest absolute Gasteiger partial charge is 0.512 e. The van der Waals surface area contributed by atoms with Gasteiger partial charge in [-0.2, -0.15) is 0 Å². The number of aliphatic hydroxyl groups is 2. The van der Waals surface area contributed by atoms with Crippen molar-refractivity contribution in [2.24, 2.45) is 0 Å². The van der Waals surface area contributed by atoms with E-state index >= 15 is 0 Å². The van der Waals surface area contributed by atoms with Crippen LogP contribution in [0.3, 0.4) is 0 Å². The van der Waals surface area contributed by atoms with Gasteiger partial charge in [-0.25, -0.2) is 0 Å². The molecule has 2 aromatic carbocycles. The van der Waals surface area contributed by atoms with Crippen LogP contribution in [0, 0.1) is 0 Å². The first-order valence-corrected chi connectivity index (χ1v) is 9.49. The molecular formula is C24H36O6Ti+4. The summed E-state index contributed by atoms with van der Waals surface area (Å²) in [4.78, 5) is 18.7. The van der Waals surface area contributed by atoms with E-state index in [0.717, 1.165) is 0 Å². The van der Waals surface area contributed by atoms with Crippen LogP contribution < -0.4 is 0 Å². The van der Waals surface area contributed by atoms with Crippen molar-refractivity contribution in [2.75, 3.05) is 13.2 Å². The Morgan fingerprint density at radius 1 is 0.710 bits per heavy atom. The number of benzene rings is 2. The minimum Gasteiger partial charge on any atom is -0.512 e. The molecular weight excluding hydrogens is 432 g/mol. The van der Waals surface area contributed by atoms with E-state index in [1.165, 1.54) is 26.0 Å². The average Bonchev–Trinajstić information content (AvgIpc) is 2.70. The molecule has 8 N–H and O–H groups in total. The van der Waals surface area contributed by atoms with Crippen molar-refractivity contribution >= 4 is 11.6 Å². The summed E-state index contributed by atoms with van der Waals surface area (Å²) in [5.41, 5.74) is 1.40. The van der Waals surface area contributed by atoms with Crippen molar-refractivity contribution in [3.63, 3.8) is 0 Å². The maximum absolute atomic E-state index is 9.37. The van der Waals surface area contributed by atoms with Crippen LogP contribution in [0.15, 0.2) is 84.3 Å². The molecule has 0 bridgehead atoms. The summed E-state index contributed by atoms with van der Waals surface area (Å²) in [5.74, 6) is 0.346. The molecule has 0 atom stereocenters. The summed E-state index contributed by atoms with van der Waals surface area (Å²) in [6.07, 6.45) is 2.63. The van der Waals surface area contributed by atoms with E-state index in [9.17, 15) is 9.59 Å². The zero-order chi connectivity index (χ0) is 23.4. The van der Waals surface area contributed by atoms with Gasteiger partial charge < -0.3 is 20.4 Å². The number of allylic oxidation sites excluding steroid dienone is 4. The molecule has 0 aliphatic heterocycles. The van der Waals surface area contributed by atoms with Gasteiger partial charge in [0.1, 0.15) is 13.2 Å². The van der Waals surface area contributed by atoms with Crippen LogP contribution in [-0.2, 0) is 21.7 Å². The molecule has 0 saturated heterocycles. The first kappa shape index (κ1) is 33.1. The number of carbonyl (C=O) groups excluding carboxylic acids is 2. The summed E-state index contributed by atoms with van der Waals surface area (Å²) in [6, 6.07) is 18.1. The molecule has 0 fully saturated rings. The molecule has 0 heterocycles. The van der Waals surface area contributed by atoms with Gasteiger partial charge in [-0.05, 0) is 38.1 Å². The van der Waals surface area contributed by atoms with E-state index in [4.69, 9.17) is 20.4 Å². The molecule has 0 aromatic heterocycles. The van der Waals surface area contributed by atoms with Crippen molar-refractivity contribution in [1.82, 2.24) is 0 Å². The summed E-state index contributed by atoms with van der Waals surface area (Å²) >= 11 is 0. The Hall–Kier alpha value is -2.51. The van der Waals surface area contributed by atoms with Crippen LogP contribution >= 0.6 is 0 Å². The van der Waals surface area contributed by atoms with Crippen molar-refractivity contribution in [1.29, 1.82) is 0 Å². The Bertz CT molecular complexity index is 696. The third kappa shape index (κ3) is 20.5. The van der Waals surface area contributed by atoms with Gasteiger partial charge in [0, 0.05) is 35.6 Å². The van der Waals surface area contributed by atoms with Gasteiger partial charge in [0.2, 0.25) is 0 Å². The van der Waals surface area contributed by atoms with Crippen LogP contribution in [0.1, 0.15) is 38.8 Å². The van der Waals surface area contributed by atoms with Gasteiger partial charge in [-0.3, -0.25) is 9.59 Å². The Morgan fingerprint density at radius 3 is 1.13 bits per heavy atom. The molecule has 0 aliphatic rings. The molecule has 168 valence electrons.